The standard InChI is InChI=1S/C12H20N6O2S/c1-3-5-14-11(20)15-10(19)8-21-12-17-16-9(7-13)18(12)6-4-2/h3H,1,4-8,13H2,2H3,(H2,14,15,19,20). The summed E-state index contributed by atoms with van der Waals surface area (Å²) >= 11 is 1.22. The summed E-state index contributed by atoms with van der Waals surface area (Å²) in [6, 6.07) is -0.543. The number of hydrogen-bond acceptors (Lipinski definition) is 6. The minimum absolute atomic E-state index is 0.0773. The third-order valence-electron chi connectivity index (χ3n) is 2.42. The second kappa shape index (κ2) is 9.14. The molecule has 0 fully saturated rings. The second-order valence-electron chi connectivity index (χ2n) is 4.09. The zero-order chi connectivity index (χ0) is 15.7. The quantitative estimate of drug-likeness (QED) is 0.468. The average Bonchev–Trinajstić information content (AvgIpc) is 2.85. The number of carbonyl (C=O) groups is 2. The normalized spacial score (nSPS) is 10.2. The van der Waals surface area contributed by atoms with Crippen molar-refractivity contribution in [2.45, 2.75) is 31.6 Å². The van der Waals surface area contributed by atoms with Gasteiger partial charge in [0.2, 0.25) is 5.91 Å². The molecule has 4 N–H and O–H groups in total. The Balaban J connectivity index is 2.51. The van der Waals surface area contributed by atoms with Gasteiger partial charge in [0.25, 0.3) is 0 Å². The third-order valence-corrected chi connectivity index (χ3v) is 3.38. The summed E-state index contributed by atoms with van der Waals surface area (Å²) in [6.45, 7) is 6.84. The fourth-order valence-electron chi connectivity index (χ4n) is 1.53. The monoisotopic (exact) mass is 312 g/mol. The summed E-state index contributed by atoms with van der Waals surface area (Å²) in [7, 11) is 0. The van der Waals surface area contributed by atoms with Crippen molar-refractivity contribution in [1.82, 2.24) is 25.4 Å². The first-order chi connectivity index (χ1) is 10.1. The number of thioether (sulfide) groups is 1. The van der Waals surface area contributed by atoms with Crippen LogP contribution >= 0.6 is 11.8 Å². The van der Waals surface area contributed by atoms with Crippen LogP contribution < -0.4 is 16.4 Å². The van der Waals surface area contributed by atoms with Crippen LogP contribution in [0.5, 0.6) is 0 Å². The van der Waals surface area contributed by atoms with E-state index in [4.69, 9.17) is 5.73 Å². The van der Waals surface area contributed by atoms with Crippen molar-refractivity contribution in [2.24, 2.45) is 5.73 Å². The van der Waals surface area contributed by atoms with Gasteiger partial charge in [-0.1, -0.05) is 24.8 Å². The Kier molecular flexibility index (Phi) is 7.48. The van der Waals surface area contributed by atoms with Gasteiger partial charge >= 0.3 is 6.03 Å². The van der Waals surface area contributed by atoms with E-state index in [9.17, 15) is 9.59 Å². The van der Waals surface area contributed by atoms with Crippen LogP contribution in [0.15, 0.2) is 17.8 Å². The number of imide groups is 1. The van der Waals surface area contributed by atoms with Crippen LogP contribution in [0.1, 0.15) is 19.2 Å². The van der Waals surface area contributed by atoms with Crippen LogP contribution in [-0.4, -0.2) is 39.0 Å². The molecule has 0 saturated carbocycles. The van der Waals surface area contributed by atoms with E-state index in [2.05, 4.69) is 27.4 Å². The Morgan fingerprint density at radius 3 is 2.86 bits per heavy atom. The van der Waals surface area contributed by atoms with Crippen LogP contribution in [0, 0.1) is 0 Å². The highest BCUT2D eigenvalue weighted by Gasteiger charge is 2.13. The molecule has 0 atom stereocenters. The molecule has 1 aromatic rings. The summed E-state index contributed by atoms with van der Waals surface area (Å²) in [5, 5.41) is 13.3. The summed E-state index contributed by atoms with van der Waals surface area (Å²) in [5.41, 5.74) is 5.59. The molecule has 1 aromatic heterocycles. The molecule has 21 heavy (non-hydrogen) atoms. The Labute approximate surface area is 127 Å². The molecule has 0 bridgehead atoms. The van der Waals surface area contributed by atoms with E-state index in [-0.39, 0.29) is 5.75 Å². The molecular weight excluding hydrogens is 292 g/mol. The van der Waals surface area contributed by atoms with Crippen molar-refractivity contribution < 1.29 is 9.59 Å². The van der Waals surface area contributed by atoms with E-state index < -0.39 is 11.9 Å². The smallest absolute Gasteiger partial charge is 0.321 e. The number of urea groups is 1. The van der Waals surface area contributed by atoms with Crippen LogP contribution in [0.2, 0.25) is 0 Å². The Morgan fingerprint density at radius 2 is 2.24 bits per heavy atom. The maximum absolute atomic E-state index is 11.6. The summed E-state index contributed by atoms with van der Waals surface area (Å²) in [4.78, 5) is 22.9. The van der Waals surface area contributed by atoms with Crippen molar-refractivity contribution in [2.75, 3.05) is 12.3 Å². The molecule has 3 amide bonds. The van der Waals surface area contributed by atoms with E-state index in [1.807, 2.05) is 11.5 Å². The van der Waals surface area contributed by atoms with Gasteiger partial charge in [0.05, 0.1) is 12.3 Å². The van der Waals surface area contributed by atoms with Crippen molar-refractivity contribution in [3.8, 4) is 0 Å². The first-order valence-corrected chi connectivity index (χ1v) is 7.54. The lowest BCUT2D eigenvalue weighted by molar-refractivity contribution is -0.117. The van der Waals surface area contributed by atoms with Gasteiger partial charge in [-0.3, -0.25) is 10.1 Å². The van der Waals surface area contributed by atoms with Gasteiger partial charge < -0.3 is 15.6 Å². The molecule has 0 aromatic carbocycles. The molecule has 0 spiro atoms. The van der Waals surface area contributed by atoms with Gasteiger partial charge in [-0.25, -0.2) is 4.79 Å². The fraction of sp³-hybridized carbons (Fsp3) is 0.500. The molecular formula is C12H20N6O2S. The van der Waals surface area contributed by atoms with E-state index in [0.717, 1.165) is 13.0 Å². The van der Waals surface area contributed by atoms with Crippen molar-refractivity contribution in [3.63, 3.8) is 0 Å². The summed E-state index contributed by atoms with van der Waals surface area (Å²) in [5.74, 6) is 0.360. The molecule has 116 valence electrons. The molecule has 8 nitrogen and oxygen atoms in total. The first-order valence-electron chi connectivity index (χ1n) is 6.55. The molecule has 0 aliphatic heterocycles. The van der Waals surface area contributed by atoms with Gasteiger partial charge in [0.1, 0.15) is 5.82 Å². The van der Waals surface area contributed by atoms with Crippen molar-refractivity contribution in [1.29, 1.82) is 0 Å². The lowest BCUT2D eigenvalue weighted by atomic mass is 10.4. The minimum Gasteiger partial charge on any atom is -0.334 e. The molecule has 0 radical (unpaired) electrons. The van der Waals surface area contributed by atoms with Gasteiger partial charge in [-0.2, -0.15) is 0 Å². The van der Waals surface area contributed by atoms with Crippen molar-refractivity contribution >= 4 is 23.7 Å². The Morgan fingerprint density at radius 1 is 1.48 bits per heavy atom. The number of hydrogen-bond donors (Lipinski definition) is 3. The zero-order valence-corrected chi connectivity index (χ0v) is 12.8. The molecule has 0 aliphatic rings. The highest BCUT2D eigenvalue weighted by atomic mass is 32.2. The summed E-state index contributed by atoms with van der Waals surface area (Å²) in [6.07, 6.45) is 2.44. The van der Waals surface area contributed by atoms with Gasteiger partial charge in [0, 0.05) is 13.1 Å². The first kappa shape index (κ1) is 17.2. The molecule has 0 unspecified atom stereocenters. The van der Waals surface area contributed by atoms with Gasteiger partial charge in [0.15, 0.2) is 5.16 Å². The lowest BCUT2D eigenvalue weighted by Crippen LogP contribution is -2.40. The molecule has 0 saturated heterocycles. The number of nitrogens with one attached hydrogen (secondary N) is 2. The number of amides is 3. The maximum Gasteiger partial charge on any atom is 0.321 e. The molecule has 1 heterocycles. The second-order valence-corrected chi connectivity index (χ2v) is 5.03. The van der Waals surface area contributed by atoms with Gasteiger partial charge in [-0.15, -0.1) is 16.8 Å². The molecule has 9 heteroatoms. The van der Waals surface area contributed by atoms with Crippen LogP contribution in [0.3, 0.4) is 0 Å². The lowest BCUT2D eigenvalue weighted by Gasteiger charge is -2.07. The topological polar surface area (TPSA) is 115 Å². The number of nitrogens with two attached hydrogens (primary N) is 1. The molecule has 0 aliphatic carbocycles. The summed E-state index contributed by atoms with van der Waals surface area (Å²) < 4.78 is 1.88. The average molecular weight is 312 g/mol. The van der Waals surface area contributed by atoms with Crippen molar-refractivity contribution in [3.05, 3.63) is 18.5 Å². The maximum atomic E-state index is 11.6. The fourth-order valence-corrected chi connectivity index (χ4v) is 2.31. The highest BCUT2D eigenvalue weighted by molar-refractivity contribution is 7.99. The molecule has 1 rings (SSSR count). The minimum atomic E-state index is -0.543. The van der Waals surface area contributed by atoms with Crippen LogP contribution in [-0.2, 0) is 17.9 Å². The Hall–Kier alpha value is -1.87. The number of nitrogens with zero attached hydrogens (tertiary/aromatic N) is 3. The zero-order valence-electron chi connectivity index (χ0n) is 12.0. The van der Waals surface area contributed by atoms with E-state index >= 15 is 0 Å². The number of rotatable bonds is 8. The SMILES string of the molecule is C=CCNC(=O)NC(=O)CSc1nnc(CN)n1CCC. The highest BCUT2D eigenvalue weighted by Crippen LogP contribution is 2.17. The predicted molar refractivity (Wildman–Crippen MR) is 80.7 cm³/mol. The van der Waals surface area contributed by atoms with E-state index in [1.54, 1.807) is 0 Å². The van der Waals surface area contributed by atoms with E-state index in [1.165, 1.54) is 17.8 Å². The predicted octanol–water partition coefficient (Wildman–Crippen LogP) is 0.251. The van der Waals surface area contributed by atoms with E-state index in [0.29, 0.717) is 24.1 Å². The number of aromatic nitrogens is 3. The van der Waals surface area contributed by atoms with Crippen LogP contribution in [0.4, 0.5) is 4.79 Å². The van der Waals surface area contributed by atoms with Gasteiger partial charge in [-0.05, 0) is 6.42 Å². The largest absolute Gasteiger partial charge is 0.334 e. The third kappa shape index (κ3) is 5.56. The Bertz CT molecular complexity index is 502. The van der Waals surface area contributed by atoms with Crippen LogP contribution in [0.25, 0.3) is 0 Å². The number of carbonyl (C=O) groups excluding carboxylic acids is 2.